The number of carbonyl (C=O) groups is 1. The molecule has 0 bridgehead atoms. The maximum atomic E-state index is 11.9. The molecule has 5 heteroatoms. The minimum atomic E-state index is -0.498. The molecule has 1 aromatic rings. The van der Waals surface area contributed by atoms with Crippen molar-refractivity contribution in [3.8, 4) is 0 Å². The average molecular weight is 313 g/mol. The Balaban J connectivity index is 2.32. The van der Waals surface area contributed by atoms with Gasteiger partial charge in [-0.15, -0.1) is 0 Å². The minimum absolute atomic E-state index is 0.105. The number of rotatable bonds is 2. The Morgan fingerprint density at radius 2 is 2.33 bits per heavy atom. The molecular weight excluding hydrogens is 296 g/mol. The third-order valence-electron chi connectivity index (χ3n) is 3.21. The van der Waals surface area contributed by atoms with Crippen molar-refractivity contribution in [3.63, 3.8) is 0 Å². The predicted molar refractivity (Wildman–Crippen MR) is 74.7 cm³/mol. The largest absolute Gasteiger partial charge is 0.394 e. The van der Waals surface area contributed by atoms with Crippen LogP contribution in [0.4, 0.5) is 5.69 Å². The summed E-state index contributed by atoms with van der Waals surface area (Å²) in [6, 6.07) is 5.50. The van der Waals surface area contributed by atoms with Crippen LogP contribution in [0.1, 0.15) is 12.0 Å². The normalized spacial score (nSPS) is 20.5. The summed E-state index contributed by atoms with van der Waals surface area (Å²) >= 11 is 3.50. The van der Waals surface area contributed by atoms with Crippen LogP contribution in [0.15, 0.2) is 22.7 Å². The van der Waals surface area contributed by atoms with Crippen molar-refractivity contribution in [2.24, 2.45) is 0 Å². The van der Waals surface area contributed by atoms with Crippen molar-refractivity contribution >= 4 is 27.5 Å². The summed E-state index contributed by atoms with van der Waals surface area (Å²) < 4.78 is 1.02. The van der Waals surface area contributed by atoms with Gasteiger partial charge in [-0.05, 0) is 31.0 Å². The maximum absolute atomic E-state index is 11.9. The fourth-order valence-electron chi connectivity index (χ4n) is 2.13. The van der Waals surface area contributed by atoms with Crippen molar-refractivity contribution in [3.05, 3.63) is 28.2 Å². The molecule has 1 saturated heterocycles. The van der Waals surface area contributed by atoms with Gasteiger partial charge < -0.3 is 15.3 Å². The topological polar surface area (TPSA) is 52.6 Å². The number of carbonyl (C=O) groups excluding carboxylic acids is 1. The molecule has 0 saturated carbocycles. The second-order valence-electron chi connectivity index (χ2n) is 4.47. The summed E-state index contributed by atoms with van der Waals surface area (Å²) in [6.07, 6.45) is 0.883. The molecule has 0 radical (unpaired) electrons. The molecule has 1 aliphatic heterocycles. The van der Waals surface area contributed by atoms with Gasteiger partial charge in [0.25, 0.3) is 0 Å². The van der Waals surface area contributed by atoms with E-state index in [2.05, 4.69) is 21.2 Å². The highest BCUT2D eigenvalue weighted by atomic mass is 79.9. The first kappa shape index (κ1) is 13.4. The van der Waals surface area contributed by atoms with Gasteiger partial charge in [0, 0.05) is 23.2 Å². The second kappa shape index (κ2) is 5.71. The zero-order chi connectivity index (χ0) is 13.1. The van der Waals surface area contributed by atoms with Crippen LogP contribution < -0.4 is 10.2 Å². The number of halogens is 1. The summed E-state index contributed by atoms with van der Waals surface area (Å²) in [7, 11) is 0. The van der Waals surface area contributed by atoms with Gasteiger partial charge in [-0.25, -0.2) is 0 Å². The molecule has 1 aliphatic rings. The number of nitrogens with one attached hydrogen (secondary N) is 1. The lowest BCUT2D eigenvalue weighted by Crippen LogP contribution is -2.46. The Morgan fingerprint density at radius 3 is 3.00 bits per heavy atom. The van der Waals surface area contributed by atoms with Crippen LogP contribution in [0, 0.1) is 6.92 Å². The van der Waals surface area contributed by atoms with Crippen molar-refractivity contribution in [2.75, 3.05) is 24.6 Å². The van der Waals surface area contributed by atoms with Crippen LogP contribution in [0.2, 0.25) is 0 Å². The minimum Gasteiger partial charge on any atom is -0.394 e. The first-order valence-corrected chi connectivity index (χ1v) is 6.84. The van der Waals surface area contributed by atoms with E-state index >= 15 is 0 Å². The van der Waals surface area contributed by atoms with E-state index in [0.29, 0.717) is 6.54 Å². The lowest BCUT2D eigenvalue weighted by atomic mass is 10.1. The second-order valence-corrected chi connectivity index (χ2v) is 5.32. The van der Waals surface area contributed by atoms with Crippen molar-refractivity contribution in [2.45, 2.75) is 19.4 Å². The molecule has 4 nitrogen and oxygen atoms in total. The van der Waals surface area contributed by atoms with E-state index in [9.17, 15) is 9.90 Å². The molecule has 2 N–H and O–H groups in total. The molecule has 98 valence electrons. The summed E-state index contributed by atoms with van der Waals surface area (Å²) in [4.78, 5) is 13.8. The van der Waals surface area contributed by atoms with Crippen LogP contribution in [-0.4, -0.2) is 36.8 Å². The molecule has 1 unspecified atom stereocenters. The number of benzene rings is 1. The number of hydrogen-bond acceptors (Lipinski definition) is 3. The zero-order valence-electron chi connectivity index (χ0n) is 10.3. The molecule has 0 aromatic heterocycles. The van der Waals surface area contributed by atoms with E-state index in [1.807, 2.05) is 30.0 Å². The third-order valence-corrected chi connectivity index (χ3v) is 4.07. The van der Waals surface area contributed by atoms with Crippen LogP contribution in [0.25, 0.3) is 0 Å². The highest BCUT2D eigenvalue weighted by Gasteiger charge is 2.27. The highest BCUT2D eigenvalue weighted by molar-refractivity contribution is 9.10. The number of aliphatic hydroxyl groups is 1. The van der Waals surface area contributed by atoms with Crippen LogP contribution >= 0.6 is 15.9 Å². The summed E-state index contributed by atoms with van der Waals surface area (Å²) in [5.41, 5.74) is 2.11. The first-order chi connectivity index (χ1) is 8.63. The predicted octanol–water partition coefficient (Wildman–Crippen LogP) is 1.44. The van der Waals surface area contributed by atoms with Gasteiger partial charge in [0.2, 0.25) is 5.91 Å². The standard InChI is InChI=1S/C13H17BrN2O2/c1-9-3-4-10(7-11(9)14)16-6-2-5-15-13(18)12(16)8-17/h3-4,7,12,17H,2,5-6,8H2,1H3,(H,15,18). The molecule has 1 aromatic carbocycles. The Kier molecular flexibility index (Phi) is 4.24. The van der Waals surface area contributed by atoms with Crippen molar-refractivity contribution in [1.82, 2.24) is 5.32 Å². The van der Waals surface area contributed by atoms with Crippen LogP contribution in [0.5, 0.6) is 0 Å². The van der Waals surface area contributed by atoms with Crippen LogP contribution in [-0.2, 0) is 4.79 Å². The van der Waals surface area contributed by atoms with Gasteiger partial charge >= 0.3 is 0 Å². The monoisotopic (exact) mass is 312 g/mol. The number of aryl methyl sites for hydroxylation is 1. The van der Waals surface area contributed by atoms with E-state index in [1.165, 1.54) is 0 Å². The third kappa shape index (κ3) is 2.67. The Bertz CT molecular complexity index is 451. The number of aliphatic hydroxyl groups excluding tert-OH is 1. The van der Waals surface area contributed by atoms with Gasteiger partial charge in [-0.2, -0.15) is 0 Å². The van der Waals surface area contributed by atoms with E-state index in [-0.39, 0.29) is 12.5 Å². The first-order valence-electron chi connectivity index (χ1n) is 6.05. The van der Waals surface area contributed by atoms with Gasteiger partial charge in [0.1, 0.15) is 6.04 Å². The highest BCUT2D eigenvalue weighted by Crippen LogP contribution is 2.25. The summed E-state index contributed by atoms with van der Waals surface area (Å²) in [5.74, 6) is -0.105. The van der Waals surface area contributed by atoms with E-state index in [0.717, 1.165) is 28.7 Å². The molecule has 1 fully saturated rings. The molecular formula is C13H17BrN2O2. The van der Waals surface area contributed by atoms with E-state index in [1.54, 1.807) is 0 Å². The van der Waals surface area contributed by atoms with Crippen molar-refractivity contribution in [1.29, 1.82) is 0 Å². The molecule has 0 spiro atoms. The van der Waals surface area contributed by atoms with Crippen molar-refractivity contribution < 1.29 is 9.90 Å². The number of amides is 1. The Labute approximate surface area is 115 Å². The number of anilines is 1. The molecule has 1 heterocycles. The molecule has 18 heavy (non-hydrogen) atoms. The Hall–Kier alpha value is -1.07. The Morgan fingerprint density at radius 1 is 1.56 bits per heavy atom. The lowest BCUT2D eigenvalue weighted by molar-refractivity contribution is -0.122. The smallest absolute Gasteiger partial charge is 0.245 e. The van der Waals surface area contributed by atoms with Crippen LogP contribution in [0.3, 0.4) is 0 Å². The van der Waals surface area contributed by atoms with E-state index < -0.39 is 6.04 Å². The van der Waals surface area contributed by atoms with Gasteiger partial charge in [0.05, 0.1) is 6.61 Å². The lowest BCUT2D eigenvalue weighted by Gasteiger charge is -2.29. The van der Waals surface area contributed by atoms with Gasteiger partial charge in [0.15, 0.2) is 0 Å². The average Bonchev–Trinajstić information content (AvgIpc) is 2.54. The van der Waals surface area contributed by atoms with Gasteiger partial charge in [-0.3, -0.25) is 4.79 Å². The maximum Gasteiger partial charge on any atom is 0.245 e. The molecule has 0 aliphatic carbocycles. The molecule has 1 amide bonds. The fraction of sp³-hybridized carbons (Fsp3) is 0.462. The quantitative estimate of drug-likeness (QED) is 0.869. The molecule has 1 atom stereocenters. The molecule has 2 rings (SSSR count). The summed E-state index contributed by atoms with van der Waals surface area (Å²) in [5, 5.41) is 12.2. The SMILES string of the molecule is Cc1ccc(N2CCCNC(=O)C2CO)cc1Br. The summed E-state index contributed by atoms with van der Waals surface area (Å²) in [6.45, 7) is 3.28. The van der Waals surface area contributed by atoms with E-state index in [4.69, 9.17) is 0 Å². The fourth-order valence-corrected chi connectivity index (χ4v) is 2.49. The number of nitrogens with zero attached hydrogens (tertiary/aromatic N) is 1. The van der Waals surface area contributed by atoms with Gasteiger partial charge in [-0.1, -0.05) is 22.0 Å². The zero-order valence-corrected chi connectivity index (χ0v) is 11.9. The number of hydrogen-bond donors (Lipinski definition) is 2.